The maximum absolute atomic E-state index is 4.24. The van der Waals surface area contributed by atoms with Crippen molar-refractivity contribution in [1.82, 2.24) is 15.1 Å². The van der Waals surface area contributed by atoms with E-state index in [0.29, 0.717) is 6.04 Å². The summed E-state index contributed by atoms with van der Waals surface area (Å²) in [6, 6.07) is 0.499. The minimum Gasteiger partial charge on any atom is -0.312 e. The average Bonchev–Trinajstić information content (AvgIpc) is 2.48. The van der Waals surface area contributed by atoms with Crippen LogP contribution in [0.4, 0.5) is 0 Å². The summed E-state index contributed by atoms with van der Waals surface area (Å²) >= 11 is 0. The molecule has 0 fully saturated rings. The summed E-state index contributed by atoms with van der Waals surface area (Å²) in [5.41, 5.74) is 1.22. The van der Waals surface area contributed by atoms with Gasteiger partial charge in [0.25, 0.3) is 0 Å². The molecular formula is C10H19N3. The lowest BCUT2D eigenvalue weighted by molar-refractivity contribution is 0.452. The molecule has 1 heterocycles. The zero-order chi connectivity index (χ0) is 9.68. The quantitative estimate of drug-likeness (QED) is 0.747. The Kier molecular flexibility index (Phi) is 3.96. The van der Waals surface area contributed by atoms with Gasteiger partial charge in [-0.05, 0) is 32.4 Å². The highest BCUT2D eigenvalue weighted by Crippen LogP contribution is 1.96. The molecule has 13 heavy (non-hydrogen) atoms. The van der Waals surface area contributed by atoms with E-state index in [2.05, 4.69) is 37.4 Å². The van der Waals surface area contributed by atoms with Crippen LogP contribution in [0.2, 0.25) is 0 Å². The highest BCUT2D eigenvalue weighted by Gasteiger charge is 2.01. The molecule has 1 aromatic rings. The second kappa shape index (κ2) is 5.02. The van der Waals surface area contributed by atoms with Crippen LogP contribution >= 0.6 is 0 Å². The minimum atomic E-state index is 0.499. The number of aryl methyl sites for hydroxylation is 1. The van der Waals surface area contributed by atoms with Crippen molar-refractivity contribution >= 4 is 0 Å². The Labute approximate surface area is 80.1 Å². The zero-order valence-corrected chi connectivity index (χ0v) is 8.75. The lowest BCUT2D eigenvalue weighted by Crippen LogP contribution is -2.31. The van der Waals surface area contributed by atoms with E-state index in [1.165, 1.54) is 12.0 Å². The third-order valence-corrected chi connectivity index (χ3v) is 1.97. The van der Waals surface area contributed by atoms with Crippen LogP contribution in [0, 0.1) is 6.92 Å². The van der Waals surface area contributed by atoms with Crippen LogP contribution < -0.4 is 5.32 Å². The van der Waals surface area contributed by atoms with Gasteiger partial charge in [0.2, 0.25) is 0 Å². The van der Waals surface area contributed by atoms with Crippen LogP contribution in [0.1, 0.15) is 25.8 Å². The Morgan fingerprint density at radius 3 is 2.92 bits per heavy atom. The van der Waals surface area contributed by atoms with Gasteiger partial charge in [0.05, 0.1) is 12.7 Å². The molecule has 0 amide bonds. The zero-order valence-electron chi connectivity index (χ0n) is 8.75. The molecular weight excluding hydrogens is 162 g/mol. The monoisotopic (exact) mass is 181 g/mol. The lowest BCUT2D eigenvalue weighted by atomic mass is 10.3. The summed E-state index contributed by atoms with van der Waals surface area (Å²) in [5.74, 6) is 0. The number of hydrogen-bond donors (Lipinski definition) is 1. The number of nitrogens with one attached hydrogen (secondary N) is 1. The van der Waals surface area contributed by atoms with Gasteiger partial charge in [0.1, 0.15) is 0 Å². The Morgan fingerprint density at radius 2 is 2.38 bits per heavy atom. The smallest absolute Gasteiger partial charge is 0.0560 e. The van der Waals surface area contributed by atoms with Crippen molar-refractivity contribution < 1.29 is 0 Å². The summed E-state index contributed by atoms with van der Waals surface area (Å²) in [6.07, 6.45) is 5.15. The normalized spacial score (nSPS) is 13.2. The highest BCUT2D eigenvalue weighted by atomic mass is 15.3. The van der Waals surface area contributed by atoms with E-state index in [0.717, 1.165) is 13.1 Å². The highest BCUT2D eigenvalue weighted by molar-refractivity contribution is 4.99. The Bertz CT molecular complexity index is 242. The standard InChI is InChI=1S/C10H19N3/c1-4-5-11-10(3)8-13-7-9(2)6-12-13/h6-7,10-11H,4-5,8H2,1-3H3. The van der Waals surface area contributed by atoms with Crippen molar-refractivity contribution in [1.29, 1.82) is 0 Å². The fourth-order valence-electron chi connectivity index (χ4n) is 1.30. The molecule has 74 valence electrons. The first-order chi connectivity index (χ1) is 6.22. The molecule has 0 aromatic carbocycles. The third kappa shape index (κ3) is 3.59. The largest absolute Gasteiger partial charge is 0.312 e. The molecule has 0 saturated carbocycles. The molecule has 0 aliphatic carbocycles. The number of rotatable bonds is 5. The molecule has 0 saturated heterocycles. The van der Waals surface area contributed by atoms with E-state index in [4.69, 9.17) is 0 Å². The molecule has 0 bridgehead atoms. The Balaban J connectivity index is 2.31. The van der Waals surface area contributed by atoms with Gasteiger partial charge in [-0.3, -0.25) is 4.68 Å². The van der Waals surface area contributed by atoms with E-state index >= 15 is 0 Å². The number of nitrogens with zero attached hydrogens (tertiary/aromatic N) is 2. The van der Waals surface area contributed by atoms with Crippen LogP contribution in [0.3, 0.4) is 0 Å². The van der Waals surface area contributed by atoms with Gasteiger partial charge in [-0.1, -0.05) is 6.92 Å². The van der Waals surface area contributed by atoms with Crippen LogP contribution in [0.15, 0.2) is 12.4 Å². The van der Waals surface area contributed by atoms with Gasteiger partial charge in [0.15, 0.2) is 0 Å². The maximum atomic E-state index is 4.24. The molecule has 1 atom stereocenters. The van der Waals surface area contributed by atoms with Crippen molar-refractivity contribution in [3.63, 3.8) is 0 Å². The van der Waals surface area contributed by atoms with Gasteiger partial charge >= 0.3 is 0 Å². The first kappa shape index (κ1) is 10.3. The second-order valence-electron chi connectivity index (χ2n) is 3.59. The fourth-order valence-corrected chi connectivity index (χ4v) is 1.30. The van der Waals surface area contributed by atoms with Crippen molar-refractivity contribution in [2.24, 2.45) is 0 Å². The Morgan fingerprint density at radius 1 is 1.62 bits per heavy atom. The first-order valence-electron chi connectivity index (χ1n) is 4.94. The van der Waals surface area contributed by atoms with E-state index in [1.54, 1.807) is 0 Å². The second-order valence-corrected chi connectivity index (χ2v) is 3.59. The van der Waals surface area contributed by atoms with Crippen molar-refractivity contribution in [2.75, 3.05) is 6.54 Å². The molecule has 1 N–H and O–H groups in total. The SMILES string of the molecule is CCCNC(C)Cn1cc(C)cn1. The molecule has 1 unspecified atom stereocenters. The summed E-state index contributed by atoms with van der Waals surface area (Å²) in [6.45, 7) is 8.47. The fraction of sp³-hybridized carbons (Fsp3) is 0.700. The molecule has 0 aliphatic rings. The van der Waals surface area contributed by atoms with Gasteiger partial charge < -0.3 is 5.32 Å². The molecule has 0 aliphatic heterocycles. The first-order valence-corrected chi connectivity index (χ1v) is 4.94. The van der Waals surface area contributed by atoms with E-state index < -0.39 is 0 Å². The summed E-state index contributed by atoms with van der Waals surface area (Å²) in [7, 11) is 0. The van der Waals surface area contributed by atoms with E-state index in [1.807, 2.05) is 10.9 Å². The van der Waals surface area contributed by atoms with Gasteiger partial charge in [-0.15, -0.1) is 0 Å². The molecule has 0 spiro atoms. The van der Waals surface area contributed by atoms with Crippen LogP contribution in [0.25, 0.3) is 0 Å². The molecule has 1 aromatic heterocycles. The summed E-state index contributed by atoms with van der Waals surface area (Å²) < 4.78 is 1.99. The van der Waals surface area contributed by atoms with Crippen molar-refractivity contribution in [2.45, 2.75) is 39.8 Å². The number of hydrogen-bond acceptors (Lipinski definition) is 2. The van der Waals surface area contributed by atoms with Crippen molar-refractivity contribution in [3.05, 3.63) is 18.0 Å². The number of aromatic nitrogens is 2. The van der Waals surface area contributed by atoms with Crippen molar-refractivity contribution in [3.8, 4) is 0 Å². The molecule has 3 nitrogen and oxygen atoms in total. The topological polar surface area (TPSA) is 29.9 Å². The van der Waals surface area contributed by atoms with Gasteiger partial charge in [-0.25, -0.2) is 0 Å². The maximum Gasteiger partial charge on any atom is 0.0560 e. The average molecular weight is 181 g/mol. The lowest BCUT2D eigenvalue weighted by Gasteiger charge is -2.12. The van der Waals surface area contributed by atoms with Gasteiger partial charge in [-0.2, -0.15) is 5.10 Å². The predicted octanol–water partition coefficient (Wildman–Crippen LogP) is 1.58. The molecule has 0 radical (unpaired) electrons. The van der Waals surface area contributed by atoms with Gasteiger partial charge in [0, 0.05) is 12.2 Å². The minimum absolute atomic E-state index is 0.499. The van der Waals surface area contributed by atoms with Crippen LogP contribution in [-0.4, -0.2) is 22.4 Å². The Hall–Kier alpha value is -0.830. The van der Waals surface area contributed by atoms with Crippen LogP contribution in [-0.2, 0) is 6.54 Å². The predicted molar refractivity (Wildman–Crippen MR) is 54.7 cm³/mol. The molecule has 3 heteroatoms. The van der Waals surface area contributed by atoms with Crippen LogP contribution in [0.5, 0.6) is 0 Å². The van der Waals surface area contributed by atoms with E-state index in [9.17, 15) is 0 Å². The third-order valence-electron chi connectivity index (χ3n) is 1.97. The van der Waals surface area contributed by atoms with E-state index in [-0.39, 0.29) is 0 Å². The summed E-state index contributed by atoms with van der Waals surface area (Å²) in [4.78, 5) is 0. The summed E-state index contributed by atoms with van der Waals surface area (Å²) in [5, 5.41) is 7.67. The molecule has 1 rings (SSSR count).